The summed E-state index contributed by atoms with van der Waals surface area (Å²) in [5, 5.41) is 31.7. The largest absolute Gasteiger partial charge is 0.394 e. The van der Waals surface area contributed by atoms with Gasteiger partial charge in [0.2, 0.25) is 0 Å². The molecule has 7 heteroatoms. The third-order valence-corrected chi connectivity index (χ3v) is 1.03. The average molecular weight is 228 g/mol. The van der Waals surface area contributed by atoms with Crippen molar-refractivity contribution in [2.75, 3.05) is 52.9 Å². The molecule has 0 aromatic heterocycles. The minimum Gasteiger partial charge on any atom is -0.394 e. The maximum atomic E-state index is 8.26. The molecule has 0 aliphatic carbocycles. The SMILES string of the molecule is OCCOCCOCCO.OCCOO. The summed E-state index contributed by atoms with van der Waals surface area (Å²) in [5.74, 6) is 0. The number of aliphatic hydroxyl groups excluding tert-OH is 3. The Balaban J connectivity index is 0. The lowest BCUT2D eigenvalue weighted by molar-refractivity contribution is -0.246. The van der Waals surface area contributed by atoms with Crippen molar-refractivity contribution in [1.29, 1.82) is 0 Å². The van der Waals surface area contributed by atoms with Crippen molar-refractivity contribution in [3.05, 3.63) is 0 Å². The maximum Gasteiger partial charge on any atom is 0.105 e. The summed E-state index contributed by atoms with van der Waals surface area (Å²) in [6, 6.07) is 0. The molecule has 7 nitrogen and oxygen atoms in total. The minimum atomic E-state index is -0.128. The molecule has 0 radical (unpaired) electrons. The zero-order valence-electron chi connectivity index (χ0n) is 8.67. The predicted octanol–water partition coefficient (Wildman–Crippen LogP) is -1.53. The fourth-order valence-electron chi connectivity index (χ4n) is 0.492. The molecule has 0 spiro atoms. The molecule has 0 atom stereocenters. The van der Waals surface area contributed by atoms with Crippen LogP contribution in [-0.4, -0.2) is 73.4 Å². The van der Waals surface area contributed by atoms with Gasteiger partial charge in [-0.3, -0.25) is 5.26 Å². The molecule has 0 aliphatic heterocycles. The van der Waals surface area contributed by atoms with Crippen molar-refractivity contribution in [1.82, 2.24) is 0 Å². The van der Waals surface area contributed by atoms with Gasteiger partial charge < -0.3 is 24.8 Å². The van der Waals surface area contributed by atoms with Crippen molar-refractivity contribution >= 4 is 0 Å². The van der Waals surface area contributed by atoms with E-state index in [2.05, 4.69) is 4.89 Å². The van der Waals surface area contributed by atoms with Crippen molar-refractivity contribution < 1.29 is 34.9 Å². The molecule has 0 aromatic carbocycles. The fraction of sp³-hybridized carbons (Fsp3) is 1.00. The molecule has 0 rings (SSSR count). The van der Waals surface area contributed by atoms with E-state index < -0.39 is 0 Å². The second-order valence-electron chi connectivity index (χ2n) is 2.23. The third-order valence-electron chi connectivity index (χ3n) is 1.03. The molecule has 0 saturated heterocycles. The van der Waals surface area contributed by atoms with Crippen LogP contribution >= 0.6 is 0 Å². The Hall–Kier alpha value is -0.280. The van der Waals surface area contributed by atoms with E-state index in [0.717, 1.165) is 0 Å². The smallest absolute Gasteiger partial charge is 0.105 e. The second-order valence-corrected chi connectivity index (χ2v) is 2.23. The molecule has 15 heavy (non-hydrogen) atoms. The first-order chi connectivity index (χ1) is 7.33. The standard InChI is InChI=1S/C6H14O4.C2H6O3/c7-1-3-9-5-6-10-4-2-8;3-1-2-5-4/h7-8H,1-6H2;3-4H,1-2H2. The van der Waals surface area contributed by atoms with Crippen molar-refractivity contribution in [3.63, 3.8) is 0 Å². The first-order valence-corrected chi connectivity index (χ1v) is 4.57. The molecule has 94 valence electrons. The predicted molar refractivity (Wildman–Crippen MR) is 51.5 cm³/mol. The summed E-state index contributed by atoms with van der Waals surface area (Å²) < 4.78 is 9.75. The molecular formula is C8H20O7. The summed E-state index contributed by atoms with van der Waals surface area (Å²) in [6.45, 7) is 1.60. The van der Waals surface area contributed by atoms with Gasteiger partial charge in [-0.15, -0.1) is 0 Å². The number of rotatable bonds is 9. The Labute approximate surface area is 88.7 Å². The van der Waals surface area contributed by atoms with E-state index in [-0.39, 0.29) is 26.4 Å². The Morgan fingerprint density at radius 1 is 0.600 bits per heavy atom. The molecule has 0 bridgehead atoms. The number of hydrogen-bond acceptors (Lipinski definition) is 7. The number of hydrogen-bond donors (Lipinski definition) is 4. The third kappa shape index (κ3) is 24.8. The molecule has 0 aromatic rings. The van der Waals surface area contributed by atoms with E-state index >= 15 is 0 Å². The van der Waals surface area contributed by atoms with E-state index in [1.54, 1.807) is 0 Å². The van der Waals surface area contributed by atoms with Gasteiger partial charge in [-0.2, -0.15) is 0 Å². The minimum absolute atomic E-state index is 0. The zero-order valence-corrected chi connectivity index (χ0v) is 8.67. The Kier molecular flexibility index (Phi) is 22.1. The second kappa shape index (κ2) is 19.3. The van der Waals surface area contributed by atoms with E-state index in [1.165, 1.54) is 0 Å². The Morgan fingerprint density at radius 3 is 1.20 bits per heavy atom. The zero-order chi connectivity index (χ0) is 11.8. The van der Waals surface area contributed by atoms with Gasteiger partial charge >= 0.3 is 0 Å². The van der Waals surface area contributed by atoms with Crippen molar-refractivity contribution in [2.24, 2.45) is 0 Å². The monoisotopic (exact) mass is 228 g/mol. The van der Waals surface area contributed by atoms with Gasteiger partial charge in [0.1, 0.15) is 6.61 Å². The van der Waals surface area contributed by atoms with Gasteiger partial charge in [-0.05, 0) is 0 Å². The van der Waals surface area contributed by atoms with Crippen LogP contribution < -0.4 is 0 Å². The van der Waals surface area contributed by atoms with Crippen LogP contribution in [0.25, 0.3) is 0 Å². The first-order valence-electron chi connectivity index (χ1n) is 4.57. The topological polar surface area (TPSA) is 109 Å². The van der Waals surface area contributed by atoms with Crippen LogP contribution in [0.15, 0.2) is 0 Å². The fourth-order valence-corrected chi connectivity index (χ4v) is 0.492. The highest BCUT2D eigenvalue weighted by molar-refractivity contribution is 4.30. The summed E-state index contributed by atoms with van der Waals surface area (Å²) in [6.07, 6.45) is 0. The normalized spacial score (nSPS) is 9.60. The van der Waals surface area contributed by atoms with Crippen LogP contribution in [0.2, 0.25) is 0 Å². The van der Waals surface area contributed by atoms with Crippen molar-refractivity contribution in [2.45, 2.75) is 0 Å². The van der Waals surface area contributed by atoms with Crippen LogP contribution in [0.1, 0.15) is 0 Å². The van der Waals surface area contributed by atoms with Gasteiger partial charge in [-0.1, -0.05) is 0 Å². The van der Waals surface area contributed by atoms with Crippen LogP contribution in [0, 0.1) is 0 Å². The van der Waals surface area contributed by atoms with Crippen LogP contribution in [0.3, 0.4) is 0 Å². The summed E-state index contributed by atoms with van der Waals surface area (Å²) in [5.41, 5.74) is 0. The average Bonchev–Trinajstić information content (AvgIpc) is 2.25. The molecule has 4 N–H and O–H groups in total. The van der Waals surface area contributed by atoms with Gasteiger partial charge in [0, 0.05) is 0 Å². The molecule has 0 unspecified atom stereocenters. The summed E-state index contributed by atoms with van der Waals surface area (Å²) in [4.78, 5) is 3.44. The van der Waals surface area contributed by atoms with E-state index in [1.807, 2.05) is 0 Å². The van der Waals surface area contributed by atoms with Crippen LogP contribution in [0.5, 0.6) is 0 Å². The van der Waals surface area contributed by atoms with Gasteiger partial charge in [0.15, 0.2) is 0 Å². The highest BCUT2D eigenvalue weighted by Gasteiger charge is 1.86. The molecule has 0 amide bonds. The van der Waals surface area contributed by atoms with Crippen molar-refractivity contribution in [3.8, 4) is 0 Å². The maximum absolute atomic E-state index is 8.26. The van der Waals surface area contributed by atoms with Gasteiger partial charge in [0.25, 0.3) is 0 Å². The summed E-state index contributed by atoms with van der Waals surface area (Å²) in [7, 11) is 0. The first kappa shape index (κ1) is 17.1. The highest BCUT2D eigenvalue weighted by Crippen LogP contribution is 1.76. The Morgan fingerprint density at radius 2 is 1.00 bits per heavy atom. The molecule has 0 saturated carbocycles. The van der Waals surface area contributed by atoms with Gasteiger partial charge in [-0.25, -0.2) is 4.89 Å². The van der Waals surface area contributed by atoms with E-state index in [9.17, 15) is 0 Å². The summed E-state index contributed by atoms with van der Waals surface area (Å²) >= 11 is 0. The lowest BCUT2D eigenvalue weighted by Crippen LogP contribution is -2.09. The lowest BCUT2D eigenvalue weighted by atomic mass is 10.7. The number of ether oxygens (including phenoxy) is 2. The quantitative estimate of drug-likeness (QED) is 0.215. The molecule has 0 aliphatic rings. The highest BCUT2D eigenvalue weighted by atomic mass is 17.1. The van der Waals surface area contributed by atoms with Crippen LogP contribution in [-0.2, 0) is 14.4 Å². The lowest BCUT2D eigenvalue weighted by Gasteiger charge is -2.01. The van der Waals surface area contributed by atoms with Crippen LogP contribution in [0.4, 0.5) is 0 Å². The number of aliphatic hydroxyl groups is 3. The molecule has 0 fully saturated rings. The Bertz CT molecular complexity index is 81.1. The van der Waals surface area contributed by atoms with Gasteiger partial charge in [0.05, 0.1) is 46.2 Å². The van der Waals surface area contributed by atoms with E-state index in [4.69, 9.17) is 30.1 Å². The molecule has 0 heterocycles. The molecular weight excluding hydrogens is 208 g/mol. The van der Waals surface area contributed by atoms with E-state index in [0.29, 0.717) is 26.4 Å².